The second-order valence-electron chi connectivity index (χ2n) is 7.04. The first kappa shape index (κ1) is 21.1. The smallest absolute Gasteiger partial charge is 0.319 e. The first-order chi connectivity index (χ1) is 14.6. The highest BCUT2D eigenvalue weighted by Gasteiger charge is 2.15. The molecule has 0 fully saturated rings. The minimum atomic E-state index is -0.298. The van der Waals surface area contributed by atoms with Gasteiger partial charge in [-0.05, 0) is 41.7 Å². The number of urea groups is 1. The van der Waals surface area contributed by atoms with Crippen molar-refractivity contribution < 1.29 is 14.3 Å². The number of hydrogen-bond acceptors (Lipinski definition) is 3. The highest BCUT2D eigenvalue weighted by molar-refractivity contribution is 5.89. The first-order valence-electron chi connectivity index (χ1n) is 9.98. The zero-order valence-corrected chi connectivity index (χ0v) is 17.0. The monoisotopic (exact) mass is 402 g/mol. The molecule has 0 aliphatic heterocycles. The summed E-state index contributed by atoms with van der Waals surface area (Å²) in [5.41, 5.74) is 4.01. The van der Waals surface area contributed by atoms with E-state index >= 15 is 0 Å². The molecule has 0 spiro atoms. The number of ether oxygens (including phenoxy) is 1. The van der Waals surface area contributed by atoms with Gasteiger partial charge in [-0.3, -0.25) is 4.79 Å². The third-order valence-corrected chi connectivity index (χ3v) is 4.83. The van der Waals surface area contributed by atoms with E-state index in [1.54, 1.807) is 0 Å². The predicted molar refractivity (Wildman–Crippen MR) is 119 cm³/mol. The Labute approximate surface area is 177 Å². The van der Waals surface area contributed by atoms with E-state index < -0.39 is 0 Å². The van der Waals surface area contributed by atoms with Gasteiger partial charge in [-0.15, -0.1) is 0 Å². The standard InChI is InChI=1S/C25H26N2O3/c1-30-24(28)17-16-23(18-19-8-4-2-5-9-19)27-25(29)26-22-14-12-21(13-15-22)20-10-6-3-7-11-20/h2-15,23H,16-18H2,1H3,(H2,26,27,29)/t23-/m1/s1. The second-order valence-corrected chi connectivity index (χ2v) is 7.04. The Morgan fingerprint density at radius 1 is 0.833 bits per heavy atom. The van der Waals surface area contributed by atoms with Crippen LogP contribution in [0.2, 0.25) is 0 Å². The molecule has 2 N–H and O–H groups in total. The van der Waals surface area contributed by atoms with Crippen LogP contribution in [0.1, 0.15) is 18.4 Å². The molecular formula is C25H26N2O3. The Kier molecular flexibility index (Phi) is 7.61. The molecule has 3 rings (SSSR count). The molecule has 2 amide bonds. The molecule has 0 unspecified atom stereocenters. The normalized spacial score (nSPS) is 11.4. The summed E-state index contributed by atoms with van der Waals surface area (Å²) >= 11 is 0. The number of amides is 2. The van der Waals surface area contributed by atoms with Gasteiger partial charge in [0.1, 0.15) is 0 Å². The van der Waals surface area contributed by atoms with E-state index in [9.17, 15) is 9.59 Å². The Morgan fingerprint density at radius 2 is 1.43 bits per heavy atom. The fourth-order valence-corrected chi connectivity index (χ4v) is 3.25. The lowest BCUT2D eigenvalue weighted by Crippen LogP contribution is -2.39. The summed E-state index contributed by atoms with van der Waals surface area (Å²) in [7, 11) is 1.37. The van der Waals surface area contributed by atoms with Gasteiger partial charge in [0.05, 0.1) is 7.11 Å². The third kappa shape index (κ3) is 6.48. The quantitative estimate of drug-likeness (QED) is 0.519. The second kappa shape index (κ2) is 10.8. The molecule has 0 aromatic heterocycles. The van der Waals surface area contributed by atoms with Crippen molar-refractivity contribution in [2.75, 3.05) is 12.4 Å². The van der Waals surface area contributed by atoms with Gasteiger partial charge in [0.15, 0.2) is 0 Å². The third-order valence-electron chi connectivity index (χ3n) is 4.83. The van der Waals surface area contributed by atoms with E-state index in [0.717, 1.165) is 16.7 Å². The minimum absolute atomic E-state index is 0.185. The van der Waals surface area contributed by atoms with Crippen LogP contribution in [0, 0.1) is 0 Å². The predicted octanol–water partition coefficient (Wildman–Crippen LogP) is 5.04. The number of methoxy groups -OCH3 is 1. The molecule has 0 bridgehead atoms. The van der Waals surface area contributed by atoms with Crippen LogP contribution in [-0.2, 0) is 16.0 Å². The number of carbonyl (C=O) groups excluding carboxylic acids is 2. The lowest BCUT2D eigenvalue weighted by atomic mass is 10.0. The summed E-state index contributed by atoms with van der Waals surface area (Å²) < 4.78 is 4.73. The van der Waals surface area contributed by atoms with Crippen LogP contribution in [0.15, 0.2) is 84.9 Å². The number of rotatable bonds is 8. The van der Waals surface area contributed by atoms with Gasteiger partial charge >= 0.3 is 12.0 Å². The lowest BCUT2D eigenvalue weighted by Gasteiger charge is -2.19. The van der Waals surface area contributed by atoms with Gasteiger partial charge in [-0.1, -0.05) is 72.8 Å². The molecule has 0 heterocycles. The summed E-state index contributed by atoms with van der Waals surface area (Å²) in [6, 6.07) is 27.2. The minimum Gasteiger partial charge on any atom is -0.469 e. The SMILES string of the molecule is COC(=O)CC[C@H](Cc1ccccc1)NC(=O)Nc1ccc(-c2ccccc2)cc1. The number of hydrogen-bond donors (Lipinski definition) is 2. The zero-order valence-electron chi connectivity index (χ0n) is 17.0. The van der Waals surface area contributed by atoms with Crippen molar-refractivity contribution in [2.45, 2.75) is 25.3 Å². The molecule has 1 atom stereocenters. The Morgan fingerprint density at radius 3 is 2.07 bits per heavy atom. The van der Waals surface area contributed by atoms with E-state index in [1.165, 1.54) is 7.11 Å². The Hall–Kier alpha value is -3.60. The molecule has 30 heavy (non-hydrogen) atoms. The number of carbonyl (C=O) groups is 2. The molecule has 5 heteroatoms. The number of nitrogens with one attached hydrogen (secondary N) is 2. The molecular weight excluding hydrogens is 376 g/mol. The van der Waals surface area contributed by atoms with Gasteiger partial charge in [-0.2, -0.15) is 0 Å². The molecule has 3 aromatic rings. The largest absolute Gasteiger partial charge is 0.469 e. The van der Waals surface area contributed by atoms with Crippen molar-refractivity contribution in [2.24, 2.45) is 0 Å². The fraction of sp³-hybridized carbons (Fsp3) is 0.200. The van der Waals surface area contributed by atoms with Crippen LogP contribution in [0.5, 0.6) is 0 Å². The molecule has 0 radical (unpaired) electrons. The maximum atomic E-state index is 12.5. The van der Waals surface area contributed by atoms with Crippen molar-refractivity contribution in [1.82, 2.24) is 5.32 Å². The zero-order chi connectivity index (χ0) is 21.2. The van der Waals surface area contributed by atoms with Crippen LogP contribution in [0.4, 0.5) is 10.5 Å². The van der Waals surface area contributed by atoms with Gasteiger partial charge in [-0.25, -0.2) is 4.79 Å². The van der Waals surface area contributed by atoms with Crippen molar-refractivity contribution in [1.29, 1.82) is 0 Å². The van der Waals surface area contributed by atoms with Crippen LogP contribution < -0.4 is 10.6 Å². The van der Waals surface area contributed by atoms with E-state index in [-0.39, 0.29) is 24.5 Å². The number of anilines is 1. The van der Waals surface area contributed by atoms with Gasteiger partial charge in [0, 0.05) is 18.2 Å². The van der Waals surface area contributed by atoms with Crippen LogP contribution in [0.25, 0.3) is 11.1 Å². The average molecular weight is 402 g/mol. The Balaban J connectivity index is 1.60. The Bertz CT molecular complexity index is 941. The highest BCUT2D eigenvalue weighted by atomic mass is 16.5. The summed E-state index contributed by atoms with van der Waals surface area (Å²) in [5, 5.41) is 5.85. The van der Waals surface area contributed by atoms with Gasteiger partial charge in [0.25, 0.3) is 0 Å². The van der Waals surface area contributed by atoms with E-state index in [0.29, 0.717) is 18.5 Å². The van der Waals surface area contributed by atoms with Crippen molar-refractivity contribution in [3.05, 3.63) is 90.5 Å². The fourth-order valence-electron chi connectivity index (χ4n) is 3.25. The van der Waals surface area contributed by atoms with Crippen LogP contribution >= 0.6 is 0 Å². The molecule has 0 saturated carbocycles. The van der Waals surface area contributed by atoms with Crippen LogP contribution in [0.3, 0.4) is 0 Å². The van der Waals surface area contributed by atoms with Gasteiger partial charge < -0.3 is 15.4 Å². The topological polar surface area (TPSA) is 67.4 Å². The highest BCUT2D eigenvalue weighted by Crippen LogP contribution is 2.21. The summed E-state index contributed by atoms with van der Waals surface area (Å²) in [5.74, 6) is -0.285. The van der Waals surface area contributed by atoms with Crippen LogP contribution in [-0.4, -0.2) is 25.2 Å². The van der Waals surface area contributed by atoms with E-state index in [1.807, 2.05) is 84.9 Å². The maximum Gasteiger partial charge on any atom is 0.319 e. The van der Waals surface area contributed by atoms with Crippen molar-refractivity contribution in [3.63, 3.8) is 0 Å². The molecule has 0 saturated heterocycles. The van der Waals surface area contributed by atoms with E-state index in [2.05, 4.69) is 10.6 Å². The van der Waals surface area contributed by atoms with Crippen molar-refractivity contribution in [3.8, 4) is 11.1 Å². The summed E-state index contributed by atoms with van der Waals surface area (Å²) in [6.45, 7) is 0. The van der Waals surface area contributed by atoms with Gasteiger partial charge in [0.2, 0.25) is 0 Å². The molecule has 154 valence electrons. The number of esters is 1. The first-order valence-corrected chi connectivity index (χ1v) is 9.98. The number of benzene rings is 3. The lowest BCUT2D eigenvalue weighted by molar-refractivity contribution is -0.140. The molecule has 3 aromatic carbocycles. The summed E-state index contributed by atoms with van der Waals surface area (Å²) in [4.78, 5) is 24.1. The summed E-state index contributed by atoms with van der Waals surface area (Å²) in [6.07, 6.45) is 1.39. The van der Waals surface area contributed by atoms with E-state index in [4.69, 9.17) is 4.74 Å². The molecule has 0 aliphatic rings. The maximum absolute atomic E-state index is 12.5. The van der Waals surface area contributed by atoms with Crippen molar-refractivity contribution >= 4 is 17.7 Å². The molecule has 5 nitrogen and oxygen atoms in total. The average Bonchev–Trinajstić information content (AvgIpc) is 2.79. The molecule has 0 aliphatic carbocycles.